The topological polar surface area (TPSA) is 51.0 Å². The molecule has 1 atom stereocenters. The quantitative estimate of drug-likeness (QED) is 0.722. The number of carbonyl (C=O) groups excluding carboxylic acids is 1. The molecule has 1 aromatic carbocycles. The number of benzene rings is 1. The minimum Gasteiger partial charge on any atom is -0.342 e. The van der Waals surface area contributed by atoms with Crippen molar-refractivity contribution in [3.63, 3.8) is 0 Å². The van der Waals surface area contributed by atoms with E-state index >= 15 is 0 Å². The van der Waals surface area contributed by atoms with Crippen LogP contribution in [-0.4, -0.2) is 38.7 Å². The van der Waals surface area contributed by atoms with Gasteiger partial charge in [0.25, 0.3) is 0 Å². The zero-order valence-electron chi connectivity index (χ0n) is 14.4. The molecule has 3 heterocycles. The number of carbonyl (C=O) groups is 1. The van der Waals surface area contributed by atoms with Gasteiger partial charge in [-0.2, -0.15) is 5.10 Å². The Morgan fingerprint density at radius 3 is 3.04 bits per heavy atom. The Hall–Kier alpha value is -2.21. The van der Waals surface area contributed by atoms with E-state index in [2.05, 4.69) is 23.3 Å². The van der Waals surface area contributed by atoms with Crippen LogP contribution in [0.3, 0.4) is 0 Å². The summed E-state index contributed by atoms with van der Waals surface area (Å²) in [6, 6.07) is 8.27. The van der Waals surface area contributed by atoms with Crippen molar-refractivity contribution in [1.82, 2.24) is 19.7 Å². The lowest BCUT2D eigenvalue weighted by Crippen LogP contribution is -2.39. The summed E-state index contributed by atoms with van der Waals surface area (Å²) in [4.78, 5) is 19.4. The normalized spacial score (nSPS) is 18.0. The Kier molecular flexibility index (Phi) is 4.53. The maximum atomic E-state index is 12.6. The van der Waals surface area contributed by atoms with E-state index in [1.807, 2.05) is 30.4 Å². The van der Waals surface area contributed by atoms with E-state index in [-0.39, 0.29) is 5.91 Å². The molecule has 1 saturated heterocycles. The van der Waals surface area contributed by atoms with E-state index in [0.717, 1.165) is 43.4 Å². The van der Waals surface area contributed by atoms with E-state index in [9.17, 15) is 4.79 Å². The van der Waals surface area contributed by atoms with E-state index in [4.69, 9.17) is 4.98 Å². The van der Waals surface area contributed by atoms with Gasteiger partial charge in [0.15, 0.2) is 0 Å². The standard InChI is InChI=1S/C19H22N4OS/c1-22-12-14(11-20-22)8-9-18(24)23-10-4-5-15(13-23)19-21-16-6-2-3-7-17(16)25-19/h2-3,6-7,11-12,15H,4-5,8-10,13H2,1H3. The lowest BCUT2D eigenvalue weighted by atomic mass is 9.98. The van der Waals surface area contributed by atoms with Crippen LogP contribution in [0.25, 0.3) is 10.2 Å². The number of nitrogens with zero attached hydrogens (tertiary/aromatic N) is 4. The molecule has 25 heavy (non-hydrogen) atoms. The number of aromatic nitrogens is 3. The molecule has 0 spiro atoms. The first-order valence-electron chi connectivity index (χ1n) is 8.80. The summed E-state index contributed by atoms with van der Waals surface area (Å²) < 4.78 is 3.02. The van der Waals surface area contributed by atoms with Gasteiger partial charge >= 0.3 is 0 Å². The second-order valence-electron chi connectivity index (χ2n) is 6.72. The molecule has 0 aliphatic carbocycles. The second-order valence-corrected chi connectivity index (χ2v) is 7.78. The van der Waals surface area contributed by atoms with Crippen molar-refractivity contribution < 1.29 is 4.79 Å². The maximum absolute atomic E-state index is 12.6. The highest BCUT2D eigenvalue weighted by molar-refractivity contribution is 7.18. The number of rotatable bonds is 4. The van der Waals surface area contributed by atoms with E-state index in [1.165, 1.54) is 9.71 Å². The molecule has 4 rings (SSSR count). The van der Waals surface area contributed by atoms with Crippen molar-refractivity contribution in [2.24, 2.45) is 7.05 Å². The molecule has 6 heteroatoms. The third-order valence-corrected chi connectivity index (χ3v) is 6.02. The number of aryl methyl sites for hydroxylation is 2. The highest BCUT2D eigenvalue weighted by Crippen LogP contribution is 2.33. The third kappa shape index (κ3) is 3.58. The van der Waals surface area contributed by atoms with Gasteiger partial charge in [0.05, 0.1) is 21.4 Å². The smallest absolute Gasteiger partial charge is 0.222 e. The molecule has 130 valence electrons. The van der Waals surface area contributed by atoms with Gasteiger partial charge in [0.1, 0.15) is 0 Å². The molecule has 3 aromatic rings. The molecular weight excluding hydrogens is 332 g/mol. The number of fused-ring (bicyclic) bond motifs is 1. The predicted molar refractivity (Wildman–Crippen MR) is 99.7 cm³/mol. The lowest BCUT2D eigenvalue weighted by Gasteiger charge is -2.32. The average Bonchev–Trinajstić information content (AvgIpc) is 3.25. The van der Waals surface area contributed by atoms with Crippen molar-refractivity contribution in [3.8, 4) is 0 Å². The molecule has 5 nitrogen and oxygen atoms in total. The molecule has 2 aromatic heterocycles. The Morgan fingerprint density at radius 1 is 1.36 bits per heavy atom. The van der Waals surface area contributed by atoms with Crippen molar-refractivity contribution in [1.29, 1.82) is 0 Å². The molecular formula is C19H22N4OS. The summed E-state index contributed by atoms with van der Waals surface area (Å²) in [5.74, 6) is 0.614. The monoisotopic (exact) mass is 354 g/mol. The highest BCUT2D eigenvalue weighted by atomic mass is 32.1. The first kappa shape index (κ1) is 16.3. The summed E-state index contributed by atoms with van der Waals surface area (Å²) in [5, 5.41) is 5.34. The van der Waals surface area contributed by atoms with E-state index in [1.54, 1.807) is 16.0 Å². The largest absolute Gasteiger partial charge is 0.342 e. The number of amides is 1. The van der Waals surface area contributed by atoms with Crippen LogP contribution in [0.4, 0.5) is 0 Å². The fraction of sp³-hybridized carbons (Fsp3) is 0.421. The number of para-hydroxylation sites is 1. The molecule has 1 amide bonds. The van der Waals surface area contributed by atoms with Crippen molar-refractivity contribution >= 4 is 27.5 Å². The highest BCUT2D eigenvalue weighted by Gasteiger charge is 2.26. The minimum atomic E-state index is 0.245. The van der Waals surface area contributed by atoms with Gasteiger partial charge in [-0.3, -0.25) is 9.48 Å². The SMILES string of the molecule is Cn1cc(CCC(=O)N2CCCC(c3nc4ccccc4s3)C2)cn1. The number of thiazole rings is 1. The summed E-state index contributed by atoms with van der Waals surface area (Å²) in [6.45, 7) is 1.67. The average molecular weight is 354 g/mol. The van der Waals surface area contributed by atoms with Crippen molar-refractivity contribution in [3.05, 3.63) is 47.2 Å². The zero-order chi connectivity index (χ0) is 17.2. The van der Waals surface area contributed by atoms with Crippen molar-refractivity contribution in [2.75, 3.05) is 13.1 Å². The number of likely N-dealkylation sites (tertiary alicyclic amines) is 1. The number of hydrogen-bond acceptors (Lipinski definition) is 4. The molecule has 1 fully saturated rings. The van der Waals surface area contributed by atoms with Crippen LogP contribution < -0.4 is 0 Å². The fourth-order valence-corrected chi connectivity index (χ4v) is 4.57. The summed E-state index contributed by atoms with van der Waals surface area (Å²) in [6.07, 6.45) is 7.31. The van der Waals surface area contributed by atoms with Gasteiger partial charge in [0, 0.05) is 38.7 Å². The van der Waals surface area contributed by atoms with Gasteiger partial charge in [-0.05, 0) is 37.0 Å². The predicted octanol–water partition coefficient (Wildman–Crippen LogP) is 3.37. The zero-order valence-corrected chi connectivity index (χ0v) is 15.2. The maximum Gasteiger partial charge on any atom is 0.222 e. The van der Waals surface area contributed by atoms with Crippen molar-refractivity contribution in [2.45, 2.75) is 31.6 Å². The Morgan fingerprint density at radius 2 is 2.24 bits per heavy atom. The van der Waals surface area contributed by atoms with Crippen LogP contribution in [0.1, 0.15) is 35.8 Å². The third-order valence-electron chi connectivity index (χ3n) is 4.82. The molecule has 0 N–H and O–H groups in total. The van der Waals surface area contributed by atoms with Crippen LogP contribution in [0.5, 0.6) is 0 Å². The Bertz CT molecular complexity index is 851. The van der Waals surface area contributed by atoms with Gasteiger partial charge < -0.3 is 4.90 Å². The molecule has 0 saturated carbocycles. The number of piperidine rings is 1. The summed E-state index contributed by atoms with van der Waals surface area (Å²) in [5.41, 5.74) is 2.19. The summed E-state index contributed by atoms with van der Waals surface area (Å²) in [7, 11) is 1.90. The molecule has 1 unspecified atom stereocenters. The number of hydrogen-bond donors (Lipinski definition) is 0. The second kappa shape index (κ2) is 6.96. The molecule has 1 aliphatic heterocycles. The van der Waals surface area contributed by atoms with Crippen LogP contribution >= 0.6 is 11.3 Å². The molecule has 0 bridgehead atoms. The fourth-order valence-electron chi connectivity index (χ4n) is 3.48. The van der Waals surface area contributed by atoms with E-state index < -0.39 is 0 Å². The van der Waals surface area contributed by atoms with E-state index in [0.29, 0.717) is 12.3 Å². The van der Waals surface area contributed by atoms with Crippen LogP contribution in [0.15, 0.2) is 36.7 Å². The van der Waals surface area contributed by atoms with Gasteiger partial charge in [-0.1, -0.05) is 12.1 Å². The van der Waals surface area contributed by atoms with Crippen LogP contribution in [0.2, 0.25) is 0 Å². The Balaban J connectivity index is 1.40. The van der Waals surface area contributed by atoms with Gasteiger partial charge in [0.2, 0.25) is 5.91 Å². The summed E-state index contributed by atoms with van der Waals surface area (Å²) >= 11 is 1.77. The minimum absolute atomic E-state index is 0.245. The van der Waals surface area contributed by atoms with Crippen LogP contribution in [-0.2, 0) is 18.3 Å². The molecule has 0 radical (unpaired) electrons. The van der Waals surface area contributed by atoms with Crippen LogP contribution in [0, 0.1) is 0 Å². The van der Waals surface area contributed by atoms with Gasteiger partial charge in [-0.25, -0.2) is 4.98 Å². The van der Waals surface area contributed by atoms with Gasteiger partial charge in [-0.15, -0.1) is 11.3 Å². The first-order chi connectivity index (χ1) is 12.2. The Labute approximate surface area is 151 Å². The molecule has 1 aliphatic rings. The lowest BCUT2D eigenvalue weighted by molar-refractivity contribution is -0.132. The first-order valence-corrected chi connectivity index (χ1v) is 9.61.